The number of hydrogen-bond acceptors (Lipinski definition) is 7. The van der Waals surface area contributed by atoms with Crippen LogP contribution in [0.2, 0.25) is 0 Å². The van der Waals surface area contributed by atoms with Crippen molar-refractivity contribution in [1.29, 1.82) is 0 Å². The van der Waals surface area contributed by atoms with Crippen LogP contribution in [0.1, 0.15) is 12.2 Å². The quantitative estimate of drug-likeness (QED) is 0.688. The third kappa shape index (κ3) is 4.16. The molecule has 2 rings (SSSR count). The number of anilines is 2. The molecule has 0 radical (unpaired) electrons. The fourth-order valence-corrected chi connectivity index (χ4v) is 1.72. The first-order valence-corrected chi connectivity index (χ1v) is 6.44. The van der Waals surface area contributed by atoms with Crippen molar-refractivity contribution < 1.29 is 4.74 Å². The molecule has 2 aromatic rings. The summed E-state index contributed by atoms with van der Waals surface area (Å²) in [6.07, 6.45) is 4.45. The molecule has 0 saturated carbocycles. The van der Waals surface area contributed by atoms with E-state index in [1.54, 1.807) is 18.0 Å². The molecule has 0 spiro atoms. The number of aromatic nitrogens is 5. The molecule has 8 nitrogen and oxygen atoms in total. The van der Waals surface area contributed by atoms with Gasteiger partial charge in [0.25, 0.3) is 0 Å². The monoisotopic (exact) mass is 277 g/mol. The molecule has 0 fully saturated rings. The molecule has 0 aliphatic heterocycles. The van der Waals surface area contributed by atoms with Crippen molar-refractivity contribution in [3.8, 4) is 0 Å². The van der Waals surface area contributed by atoms with Gasteiger partial charge in [0.15, 0.2) is 5.82 Å². The number of hydrogen-bond donors (Lipinski definition) is 2. The topological polar surface area (TPSA) is 89.8 Å². The standard InChI is InChI=1S/C12H19N7O/c1-13-10-8-11(17-12(16-10)9-20-2)14-4-3-6-19-7-5-15-18-19/h5,7-8H,3-4,6,9H2,1-2H3,(H2,13,14,16,17). The zero-order valence-corrected chi connectivity index (χ0v) is 11.7. The summed E-state index contributed by atoms with van der Waals surface area (Å²) in [5, 5.41) is 14.0. The number of methoxy groups -OCH3 is 1. The summed E-state index contributed by atoms with van der Waals surface area (Å²) in [6, 6.07) is 1.87. The summed E-state index contributed by atoms with van der Waals surface area (Å²) in [5.41, 5.74) is 0. The fourth-order valence-electron chi connectivity index (χ4n) is 1.72. The first-order chi connectivity index (χ1) is 9.81. The molecule has 0 atom stereocenters. The van der Waals surface area contributed by atoms with E-state index in [-0.39, 0.29) is 0 Å². The minimum absolute atomic E-state index is 0.392. The number of aryl methyl sites for hydroxylation is 1. The molecule has 0 aromatic carbocycles. The van der Waals surface area contributed by atoms with Crippen molar-refractivity contribution in [3.63, 3.8) is 0 Å². The van der Waals surface area contributed by atoms with Gasteiger partial charge < -0.3 is 15.4 Å². The van der Waals surface area contributed by atoms with Gasteiger partial charge in [-0.1, -0.05) is 5.21 Å². The highest BCUT2D eigenvalue weighted by Gasteiger charge is 2.03. The molecule has 0 bridgehead atoms. The second kappa shape index (κ2) is 7.39. The van der Waals surface area contributed by atoms with Crippen LogP contribution in [0.15, 0.2) is 18.5 Å². The van der Waals surface area contributed by atoms with E-state index in [0.717, 1.165) is 31.1 Å². The van der Waals surface area contributed by atoms with Gasteiger partial charge >= 0.3 is 0 Å². The van der Waals surface area contributed by atoms with Gasteiger partial charge in [-0.25, -0.2) is 9.97 Å². The molecular weight excluding hydrogens is 258 g/mol. The molecule has 2 heterocycles. The molecule has 108 valence electrons. The van der Waals surface area contributed by atoms with Crippen LogP contribution in [-0.4, -0.2) is 45.7 Å². The number of nitrogens with one attached hydrogen (secondary N) is 2. The Hall–Kier alpha value is -2.22. The summed E-state index contributed by atoms with van der Waals surface area (Å²) in [5.74, 6) is 2.21. The largest absolute Gasteiger partial charge is 0.377 e. The Balaban J connectivity index is 1.86. The summed E-state index contributed by atoms with van der Waals surface area (Å²) in [4.78, 5) is 8.68. The average Bonchev–Trinajstić information content (AvgIpc) is 2.97. The summed E-state index contributed by atoms with van der Waals surface area (Å²) in [7, 11) is 3.45. The van der Waals surface area contributed by atoms with Gasteiger partial charge in [0, 0.05) is 39.5 Å². The minimum atomic E-state index is 0.392. The summed E-state index contributed by atoms with van der Waals surface area (Å²) in [6.45, 7) is 2.01. The highest BCUT2D eigenvalue weighted by molar-refractivity contribution is 5.47. The SMILES string of the molecule is CNc1cc(NCCCn2ccnn2)nc(COC)n1. The van der Waals surface area contributed by atoms with Crippen molar-refractivity contribution in [3.05, 3.63) is 24.3 Å². The van der Waals surface area contributed by atoms with E-state index >= 15 is 0 Å². The Labute approximate surface area is 117 Å². The van der Waals surface area contributed by atoms with Crippen LogP contribution in [0.5, 0.6) is 0 Å². The van der Waals surface area contributed by atoms with Gasteiger partial charge in [0.1, 0.15) is 18.2 Å². The number of nitrogens with zero attached hydrogens (tertiary/aromatic N) is 5. The van der Waals surface area contributed by atoms with Crippen molar-refractivity contribution >= 4 is 11.6 Å². The predicted octanol–water partition coefficient (Wildman–Crippen LogP) is 0.758. The molecule has 0 amide bonds. The maximum atomic E-state index is 5.06. The van der Waals surface area contributed by atoms with E-state index in [9.17, 15) is 0 Å². The lowest BCUT2D eigenvalue weighted by Crippen LogP contribution is -2.10. The maximum Gasteiger partial charge on any atom is 0.158 e. The van der Waals surface area contributed by atoms with Gasteiger partial charge in [-0.05, 0) is 6.42 Å². The van der Waals surface area contributed by atoms with Gasteiger partial charge in [0.2, 0.25) is 0 Å². The summed E-state index contributed by atoms with van der Waals surface area (Å²) < 4.78 is 6.86. The lowest BCUT2D eigenvalue weighted by atomic mass is 10.4. The van der Waals surface area contributed by atoms with Crippen LogP contribution in [0, 0.1) is 0 Å². The maximum absolute atomic E-state index is 5.06. The van der Waals surface area contributed by atoms with Crippen LogP contribution < -0.4 is 10.6 Å². The Morgan fingerprint density at radius 3 is 2.85 bits per heavy atom. The van der Waals surface area contributed by atoms with E-state index in [2.05, 4.69) is 30.9 Å². The van der Waals surface area contributed by atoms with Crippen molar-refractivity contribution in [2.45, 2.75) is 19.6 Å². The molecule has 0 unspecified atom stereocenters. The van der Waals surface area contributed by atoms with Crippen LogP contribution in [0.3, 0.4) is 0 Å². The van der Waals surface area contributed by atoms with Crippen LogP contribution in [-0.2, 0) is 17.9 Å². The zero-order valence-electron chi connectivity index (χ0n) is 11.7. The Morgan fingerprint density at radius 1 is 1.30 bits per heavy atom. The molecule has 8 heteroatoms. The van der Waals surface area contributed by atoms with E-state index in [1.807, 2.05) is 19.3 Å². The number of rotatable bonds is 8. The Morgan fingerprint density at radius 2 is 2.15 bits per heavy atom. The summed E-state index contributed by atoms with van der Waals surface area (Å²) >= 11 is 0. The third-order valence-corrected chi connectivity index (χ3v) is 2.64. The van der Waals surface area contributed by atoms with E-state index in [4.69, 9.17) is 4.74 Å². The van der Waals surface area contributed by atoms with E-state index < -0.39 is 0 Å². The fraction of sp³-hybridized carbons (Fsp3) is 0.500. The second-order valence-corrected chi connectivity index (χ2v) is 4.18. The van der Waals surface area contributed by atoms with Crippen molar-refractivity contribution in [2.24, 2.45) is 0 Å². The van der Waals surface area contributed by atoms with Crippen LogP contribution >= 0.6 is 0 Å². The molecule has 2 N–H and O–H groups in total. The third-order valence-electron chi connectivity index (χ3n) is 2.64. The molecular formula is C12H19N7O. The molecule has 0 aliphatic rings. The van der Waals surface area contributed by atoms with E-state index in [1.165, 1.54) is 0 Å². The lowest BCUT2D eigenvalue weighted by Gasteiger charge is -2.09. The molecule has 2 aromatic heterocycles. The van der Waals surface area contributed by atoms with Gasteiger partial charge in [-0.2, -0.15) is 0 Å². The van der Waals surface area contributed by atoms with Crippen molar-refractivity contribution in [2.75, 3.05) is 31.3 Å². The van der Waals surface area contributed by atoms with Gasteiger partial charge in [-0.3, -0.25) is 4.68 Å². The highest BCUT2D eigenvalue weighted by Crippen LogP contribution is 2.11. The average molecular weight is 277 g/mol. The number of ether oxygens (including phenoxy) is 1. The first kappa shape index (κ1) is 14.2. The normalized spacial score (nSPS) is 10.5. The van der Waals surface area contributed by atoms with E-state index in [0.29, 0.717) is 12.4 Å². The second-order valence-electron chi connectivity index (χ2n) is 4.18. The van der Waals surface area contributed by atoms with Crippen LogP contribution in [0.4, 0.5) is 11.6 Å². The Kier molecular flexibility index (Phi) is 5.24. The Bertz CT molecular complexity index is 515. The smallest absolute Gasteiger partial charge is 0.158 e. The minimum Gasteiger partial charge on any atom is -0.377 e. The van der Waals surface area contributed by atoms with Crippen molar-refractivity contribution in [1.82, 2.24) is 25.0 Å². The zero-order chi connectivity index (χ0) is 14.2. The van der Waals surface area contributed by atoms with Crippen LogP contribution in [0.25, 0.3) is 0 Å². The highest BCUT2D eigenvalue weighted by atomic mass is 16.5. The van der Waals surface area contributed by atoms with Gasteiger partial charge in [-0.15, -0.1) is 5.10 Å². The lowest BCUT2D eigenvalue weighted by molar-refractivity contribution is 0.178. The molecule has 20 heavy (non-hydrogen) atoms. The first-order valence-electron chi connectivity index (χ1n) is 6.44. The molecule has 0 saturated heterocycles. The van der Waals surface area contributed by atoms with Gasteiger partial charge in [0.05, 0.1) is 6.20 Å². The molecule has 0 aliphatic carbocycles. The predicted molar refractivity (Wildman–Crippen MR) is 75.4 cm³/mol.